The van der Waals surface area contributed by atoms with Gasteiger partial charge in [-0.1, -0.05) is 11.3 Å². The minimum Gasteiger partial charge on any atom is -0.258 e. The summed E-state index contributed by atoms with van der Waals surface area (Å²) in [5, 5.41) is 28.5. The lowest BCUT2D eigenvalue weighted by molar-refractivity contribution is -0.384. The maximum absolute atomic E-state index is 10.5. The Kier molecular flexibility index (Phi) is 4.12. The first-order chi connectivity index (χ1) is 9.60. The Hall–Kier alpha value is -2.66. The fourth-order valence-electron chi connectivity index (χ4n) is 1.42. The largest absolute Gasteiger partial charge is 0.269 e. The molecule has 1 aromatic carbocycles. The minimum absolute atomic E-state index is 0.00854. The van der Waals surface area contributed by atoms with Crippen LogP contribution >= 0.6 is 11.3 Å². The summed E-state index contributed by atoms with van der Waals surface area (Å²) in [7, 11) is 0. The number of azo groups is 1. The van der Waals surface area contributed by atoms with Gasteiger partial charge in [0.25, 0.3) is 5.69 Å². The van der Waals surface area contributed by atoms with Crippen LogP contribution < -0.4 is 0 Å². The topological polar surface area (TPSA) is 105 Å². The van der Waals surface area contributed by atoms with Crippen molar-refractivity contribution < 1.29 is 4.92 Å². The third-order valence-electron chi connectivity index (χ3n) is 2.36. The lowest BCUT2D eigenvalue weighted by Gasteiger charge is -1.92. The molecule has 0 aliphatic carbocycles. The molecule has 0 aliphatic rings. The smallest absolute Gasteiger partial charge is 0.258 e. The number of aromatic nitrogens is 1. The number of thiazole rings is 1. The zero-order chi connectivity index (χ0) is 14.5. The molecule has 8 heteroatoms. The molecule has 0 spiro atoms. The van der Waals surface area contributed by atoms with Gasteiger partial charge in [-0.2, -0.15) is 5.26 Å². The van der Waals surface area contributed by atoms with Crippen LogP contribution in [0.15, 0.2) is 34.5 Å². The molecule has 0 unspecified atom stereocenters. The lowest BCUT2D eigenvalue weighted by Crippen LogP contribution is -1.85. The molecule has 0 radical (unpaired) electrons. The van der Waals surface area contributed by atoms with E-state index in [0.29, 0.717) is 21.4 Å². The Bertz CT molecular complexity index is 700. The van der Waals surface area contributed by atoms with Gasteiger partial charge in [-0.05, 0) is 19.1 Å². The third kappa shape index (κ3) is 3.21. The van der Waals surface area contributed by atoms with Gasteiger partial charge in [-0.25, -0.2) is 4.98 Å². The second-order valence-electron chi connectivity index (χ2n) is 3.81. The lowest BCUT2D eigenvalue weighted by atomic mass is 10.3. The van der Waals surface area contributed by atoms with Crippen LogP contribution in [0, 0.1) is 28.4 Å². The zero-order valence-electron chi connectivity index (χ0n) is 10.5. The Morgan fingerprint density at radius 3 is 2.70 bits per heavy atom. The van der Waals surface area contributed by atoms with E-state index < -0.39 is 4.92 Å². The van der Waals surface area contributed by atoms with E-state index in [0.717, 1.165) is 0 Å². The Morgan fingerprint density at radius 2 is 2.10 bits per heavy atom. The van der Waals surface area contributed by atoms with Crippen LogP contribution in [0.3, 0.4) is 0 Å². The Balaban J connectivity index is 2.16. The van der Waals surface area contributed by atoms with Gasteiger partial charge in [-0.15, -0.1) is 10.2 Å². The van der Waals surface area contributed by atoms with Crippen molar-refractivity contribution in [3.05, 3.63) is 45.1 Å². The average Bonchev–Trinajstić information content (AvgIpc) is 2.77. The number of hydrogen-bond acceptors (Lipinski definition) is 7. The molecule has 0 amide bonds. The van der Waals surface area contributed by atoms with E-state index in [1.807, 2.05) is 6.07 Å². The second kappa shape index (κ2) is 5.99. The number of nitrogens with zero attached hydrogens (tertiary/aromatic N) is 5. The summed E-state index contributed by atoms with van der Waals surface area (Å²) in [5.41, 5.74) is 1.24. The number of non-ortho nitro benzene ring substituents is 1. The molecule has 0 atom stereocenters. The quantitative estimate of drug-likeness (QED) is 0.483. The van der Waals surface area contributed by atoms with Gasteiger partial charge < -0.3 is 0 Å². The van der Waals surface area contributed by atoms with Gasteiger partial charge >= 0.3 is 0 Å². The summed E-state index contributed by atoms with van der Waals surface area (Å²) < 4.78 is 0. The van der Waals surface area contributed by atoms with Gasteiger partial charge in [-0.3, -0.25) is 10.1 Å². The number of hydrogen-bond donors (Lipinski definition) is 0. The van der Waals surface area contributed by atoms with E-state index in [9.17, 15) is 10.1 Å². The molecule has 20 heavy (non-hydrogen) atoms. The molecule has 1 aromatic heterocycles. The Morgan fingerprint density at radius 1 is 1.40 bits per heavy atom. The summed E-state index contributed by atoms with van der Waals surface area (Å²) in [6.07, 6.45) is 0.249. The van der Waals surface area contributed by atoms with Crippen molar-refractivity contribution in [1.82, 2.24) is 4.98 Å². The number of nitro groups is 1. The molecule has 2 aromatic rings. The molecular formula is C12H9N5O2S. The van der Waals surface area contributed by atoms with Gasteiger partial charge in [0.15, 0.2) is 5.00 Å². The van der Waals surface area contributed by atoms with Crippen molar-refractivity contribution in [3.63, 3.8) is 0 Å². The normalized spacial score (nSPS) is 10.6. The van der Waals surface area contributed by atoms with Gasteiger partial charge in [0.1, 0.15) is 5.01 Å². The highest BCUT2D eigenvalue weighted by molar-refractivity contribution is 7.15. The Labute approximate surface area is 118 Å². The number of aryl methyl sites for hydroxylation is 1. The molecule has 0 fully saturated rings. The van der Waals surface area contributed by atoms with Crippen molar-refractivity contribution in [2.75, 3.05) is 0 Å². The predicted octanol–water partition coefficient (Wildman–Crippen LogP) is 3.84. The first-order valence-electron chi connectivity index (χ1n) is 5.59. The van der Waals surface area contributed by atoms with Crippen LogP contribution in [0.5, 0.6) is 0 Å². The number of nitro benzene ring substituents is 1. The van der Waals surface area contributed by atoms with Crippen molar-refractivity contribution in [1.29, 1.82) is 5.26 Å². The van der Waals surface area contributed by atoms with E-state index in [-0.39, 0.29) is 12.1 Å². The fourth-order valence-corrected chi connectivity index (χ4v) is 2.24. The molecule has 100 valence electrons. The van der Waals surface area contributed by atoms with E-state index in [4.69, 9.17) is 5.26 Å². The minimum atomic E-state index is -0.470. The number of benzene rings is 1. The summed E-state index contributed by atoms with van der Waals surface area (Å²) in [6, 6.07) is 7.81. The van der Waals surface area contributed by atoms with E-state index in [1.165, 1.54) is 35.6 Å². The van der Waals surface area contributed by atoms with Gasteiger partial charge in [0.2, 0.25) is 0 Å². The van der Waals surface area contributed by atoms with Gasteiger partial charge in [0, 0.05) is 12.1 Å². The highest BCUT2D eigenvalue weighted by Gasteiger charge is 2.07. The summed E-state index contributed by atoms with van der Waals surface area (Å²) in [6.45, 7) is 1.79. The standard InChI is InChI=1S/C12H9N5O2S/c1-8-12(20-11(14-8)6-7-13)16-15-9-2-4-10(5-3-9)17(18)19/h2-5H,6H2,1H3. The molecule has 1 heterocycles. The monoisotopic (exact) mass is 287 g/mol. The summed E-state index contributed by atoms with van der Waals surface area (Å²) >= 11 is 1.31. The highest BCUT2D eigenvalue weighted by atomic mass is 32.1. The van der Waals surface area contributed by atoms with Crippen LogP contribution in [-0.4, -0.2) is 9.91 Å². The molecule has 0 N–H and O–H groups in total. The van der Waals surface area contributed by atoms with E-state index >= 15 is 0 Å². The molecule has 0 aliphatic heterocycles. The van der Waals surface area contributed by atoms with Crippen molar-refractivity contribution >= 4 is 27.7 Å². The van der Waals surface area contributed by atoms with Crippen LogP contribution in [0.25, 0.3) is 0 Å². The molecule has 0 saturated carbocycles. The third-order valence-corrected chi connectivity index (χ3v) is 3.41. The van der Waals surface area contributed by atoms with E-state index in [2.05, 4.69) is 15.2 Å². The number of nitriles is 1. The summed E-state index contributed by atoms with van der Waals surface area (Å²) in [4.78, 5) is 14.3. The predicted molar refractivity (Wildman–Crippen MR) is 73.4 cm³/mol. The first kappa shape index (κ1) is 13.8. The maximum atomic E-state index is 10.5. The second-order valence-corrected chi connectivity index (χ2v) is 4.87. The van der Waals surface area contributed by atoms with Crippen LogP contribution in [-0.2, 0) is 6.42 Å². The van der Waals surface area contributed by atoms with Crippen molar-refractivity contribution in [3.8, 4) is 6.07 Å². The van der Waals surface area contributed by atoms with E-state index in [1.54, 1.807) is 6.92 Å². The fraction of sp³-hybridized carbons (Fsp3) is 0.167. The maximum Gasteiger partial charge on any atom is 0.269 e. The highest BCUT2D eigenvalue weighted by Crippen LogP contribution is 2.29. The van der Waals surface area contributed by atoms with Crippen LogP contribution in [0.4, 0.5) is 16.4 Å². The van der Waals surface area contributed by atoms with Crippen molar-refractivity contribution in [2.24, 2.45) is 10.2 Å². The number of rotatable bonds is 4. The molecule has 0 bridgehead atoms. The van der Waals surface area contributed by atoms with Crippen LogP contribution in [0.2, 0.25) is 0 Å². The average molecular weight is 287 g/mol. The molecule has 7 nitrogen and oxygen atoms in total. The molecular weight excluding hydrogens is 278 g/mol. The van der Waals surface area contributed by atoms with Crippen LogP contribution in [0.1, 0.15) is 10.7 Å². The first-order valence-corrected chi connectivity index (χ1v) is 6.41. The zero-order valence-corrected chi connectivity index (χ0v) is 11.3. The van der Waals surface area contributed by atoms with Gasteiger partial charge in [0.05, 0.1) is 28.8 Å². The SMILES string of the molecule is Cc1nc(CC#N)sc1N=Nc1ccc([N+](=O)[O-])cc1. The summed E-state index contributed by atoms with van der Waals surface area (Å²) in [5.74, 6) is 0. The molecule has 2 rings (SSSR count). The van der Waals surface area contributed by atoms with Crippen molar-refractivity contribution in [2.45, 2.75) is 13.3 Å². The molecule has 0 saturated heterocycles.